The fraction of sp³-hybridized carbons (Fsp3) is 0.350. The minimum absolute atomic E-state index is 0.0525. The number of likely N-dealkylation sites (tertiary alicyclic amines) is 1. The molecular formula is C20H21ClN2O4. The van der Waals surface area contributed by atoms with E-state index >= 15 is 0 Å². The predicted octanol–water partition coefficient (Wildman–Crippen LogP) is 4.11. The smallest absolute Gasteiger partial charge is 0.312 e. The number of carbonyl (C=O) groups excluding carboxylic acids is 1. The van der Waals surface area contributed by atoms with Gasteiger partial charge in [0.1, 0.15) is 0 Å². The van der Waals surface area contributed by atoms with E-state index in [1.54, 1.807) is 4.90 Å². The summed E-state index contributed by atoms with van der Waals surface area (Å²) in [7, 11) is 0. The Labute approximate surface area is 162 Å². The van der Waals surface area contributed by atoms with Crippen LogP contribution in [-0.2, 0) is 11.2 Å². The minimum Gasteiger partial charge on any atom is -0.477 e. The molecule has 7 heteroatoms. The monoisotopic (exact) mass is 388 g/mol. The van der Waals surface area contributed by atoms with Gasteiger partial charge in [0.25, 0.3) is 5.91 Å². The maximum atomic E-state index is 12.4. The molecule has 0 atom stereocenters. The molecular weight excluding hydrogens is 368 g/mol. The van der Waals surface area contributed by atoms with Crippen LogP contribution in [0.2, 0.25) is 5.02 Å². The summed E-state index contributed by atoms with van der Waals surface area (Å²) in [5.41, 5.74) is 1.08. The molecule has 1 aliphatic heterocycles. The summed E-state index contributed by atoms with van der Waals surface area (Å²) in [6, 6.07) is 14.5. The zero-order chi connectivity index (χ0) is 19.2. The van der Waals surface area contributed by atoms with Crippen molar-refractivity contribution < 1.29 is 14.5 Å². The highest BCUT2D eigenvalue weighted by molar-refractivity contribution is 6.30. The van der Waals surface area contributed by atoms with Gasteiger partial charge < -0.3 is 9.64 Å². The molecule has 1 fully saturated rings. The van der Waals surface area contributed by atoms with Crippen molar-refractivity contribution >= 4 is 23.2 Å². The Balaban J connectivity index is 1.49. The molecule has 0 unspecified atom stereocenters. The number of nitro groups is 1. The van der Waals surface area contributed by atoms with E-state index in [2.05, 4.69) is 12.1 Å². The van der Waals surface area contributed by atoms with Crippen LogP contribution in [0.1, 0.15) is 18.4 Å². The lowest BCUT2D eigenvalue weighted by molar-refractivity contribution is -0.385. The molecule has 0 saturated carbocycles. The predicted molar refractivity (Wildman–Crippen MR) is 103 cm³/mol. The van der Waals surface area contributed by atoms with E-state index < -0.39 is 4.92 Å². The summed E-state index contributed by atoms with van der Waals surface area (Å²) in [4.78, 5) is 24.7. The first kappa shape index (κ1) is 19.2. The van der Waals surface area contributed by atoms with Gasteiger partial charge in [0.05, 0.1) is 4.92 Å². The molecule has 0 bridgehead atoms. The number of piperidine rings is 1. The van der Waals surface area contributed by atoms with Gasteiger partial charge in [-0.25, -0.2) is 0 Å². The molecule has 1 saturated heterocycles. The Morgan fingerprint density at radius 2 is 1.89 bits per heavy atom. The lowest BCUT2D eigenvalue weighted by atomic mass is 9.90. The number of amides is 1. The quantitative estimate of drug-likeness (QED) is 0.551. The Morgan fingerprint density at radius 3 is 2.56 bits per heavy atom. The number of halogens is 1. The van der Waals surface area contributed by atoms with Crippen molar-refractivity contribution in [2.45, 2.75) is 19.3 Å². The molecule has 1 aliphatic rings. The first-order valence-corrected chi connectivity index (χ1v) is 9.29. The average Bonchev–Trinajstić information content (AvgIpc) is 2.68. The zero-order valence-corrected chi connectivity index (χ0v) is 15.6. The third-order valence-corrected chi connectivity index (χ3v) is 5.04. The molecule has 2 aromatic carbocycles. The number of nitrogens with zero attached hydrogens (tertiary/aromatic N) is 2. The number of hydrogen-bond donors (Lipinski definition) is 0. The molecule has 2 aromatic rings. The lowest BCUT2D eigenvalue weighted by Crippen LogP contribution is -2.41. The van der Waals surface area contributed by atoms with Gasteiger partial charge in [-0.15, -0.1) is 0 Å². The molecule has 6 nitrogen and oxygen atoms in total. The summed E-state index contributed by atoms with van der Waals surface area (Å²) >= 11 is 5.78. The summed E-state index contributed by atoms with van der Waals surface area (Å²) in [5, 5.41) is 11.3. The topological polar surface area (TPSA) is 72.7 Å². The average molecular weight is 389 g/mol. The second-order valence-electron chi connectivity index (χ2n) is 6.67. The molecule has 0 aromatic heterocycles. The molecule has 0 radical (unpaired) electrons. The van der Waals surface area contributed by atoms with Gasteiger partial charge in [-0.1, -0.05) is 41.9 Å². The summed E-state index contributed by atoms with van der Waals surface area (Å²) in [5.74, 6) is 0.462. The number of carbonyl (C=O) groups is 1. The molecule has 27 heavy (non-hydrogen) atoms. The van der Waals surface area contributed by atoms with E-state index in [0.717, 1.165) is 19.3 Å². The molecule has 1 amide bonds. The van der Waals surface area contributed by atoms with Crippen LogP contribution in [0.5, 0.6) is 5.75 Å². The Bertz CT molecular complexity index is 805. The number of rotatable bonds is 6. The van der Waals surface area contributed by atoms with Crippen LogP contribution in [0.25, 0.3) is 0 Å². The SMILES string of the molecule is O=C(COc1ccc(Cl)cc1[N+](=O)[O-])N1CCC(Cc2ccccc2)CC1. The first-order valence-electron chi connectivity index (χ1n) is 8.91. The van der Waals surface area contributed by atoms with E-state index in [-0.39, 0.29) is 29.0 Å². The lowest BCUT2D eigenvalue weighted by Gasteiger charge is -2.32. The number of nitro benzene ring substituents is 1. The third kappa shape index (κ3) is 5.20. The van der Waals surface area contributed by atoms with Crippen LogP contribution in [0.4, 0.5) is 5.69 Å². The van der Waals surface area contributed by atoms with Crippen molar-refractivity contribution in [3.63, 3.8) is 0 Å². The van der Waals surface area contributed by atoms with Crippen LogP contribution in [0.3, 0.4) is 0 Å². The van der Waals surface area contributed by atoms with Gasteiger partial charge in [-0.05, 0) is 42.9 Å². The molecule has 0 spiro atoms. The van der Waals surface area contributed by atoms with Crippen molar-refractivity contribution in [3.8, 4) is 5.75 Å². The maximum absolute atomic E-state index is 12.4. The van der Waals surface area contributed by atoms with Gasteiger partial charge in [0.15, 0.2) is 12.4 Å². The summed E-state index contributed by atoms with van der Waals surface area (Å²) < 4.78 is 5.40. The van der Waals surface area contributed by atoms with Gasteiger partial charge in [0.2, 0.25) is 0 Å². The van der Waals surface area contributed by atoms with Crippen LogP contribution < -0.4 is 4.74 Å². The zero-order valence-electron chi connectivity index (χ0n) is 14.8. The van der Waals surface area contributed by atoms with E-state index in [0.29, 0.717) is 19.0 Å². The fourth-order valence-electron chi connectivity index (χ4n) is 3.32. The van der Waals surface area contributed by atoms with Gasteiger partial charge in [-0.3, -0.25) is 14.9 Å². The van der Waals surface area contributed by atoms with Crippen LogP contribution in [0, 0.1) is 16.0 Å². The second kappa shape index (κ2) is 8.86. The highest BCUT2D eigenvalue weighted by Crippen LogP contribution is 2.30. The molecule has 1 heterocycles. The Morgan fingerprint density at radius 1 is 1.19 bits per heavy atom. The van der Waals surface area contributed by atoms with Crippen LogP contribution in [0.15, 0.2) is 48.5 Å². The number of ether oxygens (including phenoxy) is 1. The van der Waals surface area contributed by atoms with Crippen molar-refractivity contribution in [1.29, 1.82) is 0 Å². The van der Waals surface area contributed by atoms with Gasteiger partial charge in [-0.2, -0.15) is 0 Å². The standard InChI is InChI=1S/C20H21ClN2O4/c21-17-6-7-19(18(13-17)23(25)26)27-14-20(24)22-10-8-16(9-11-22)12-15-4-2-1-3-5-15/h1-7,13,16H,8-12,14H2. The third-order valence-electron chi connectivity index (χ3n) is 4.80. The molecule has 3 rings (SSSR count). The van der Waals surface area contributed by atoms with Crippen LogP contribution in [-0.4, -0.2) is 35.4 Å². The Kier molecular flexibility index (Phi) is 6.29. The van der Waals surface area contributed by atoms with E-state index in [4.69, 9.17) is 16.3 Å². The normalized spacial score (nSPS) is 14.8. The second-order valence-corrected chi connectivity index (χ2v) is 7.11. The Hall–Kier alpha value is -2.60. The van der Waals surface area contributed by atoms with Crippen molar-refractivity contribution in [1.82, 2.24) is 4.90 Å². The van der Waals surface area contributed by atoms with Crippen molar-refractivity contribution in [2.24, 2.45) is 5.92 Å². The highest BCUT2D eigenvalue weighted by atomic mass is 35.5. The summed E-state index contributed by atoms with van der Waals surface area (Å²) in [6.45, 7) is 1.15. The summed E-state index contributed by atoms with van der Waals surface area (Å²) in [6.07, 6.45) is 2.92. The van der Waals surface area contributed by atoms with E-state index in [1.807, 2.05) is 18.2 Å². The number of benzene rings is 2. The van der Waals surface area contributed by atoms with E-state index in [1.165, 1.54) is 23.8 Å². The van der Waals surface area contributed by atoms with E-state index in [9.17, 15) is 14.9 Å². The number of hydrogen-bond acceptors (Lipinski definition) is 4. The van der Waals surface area contributed by atoms with Crippen LogP contribution >= 0.6 is 11.6 Å². The van der Waals surface area contributed by atoms with Gasteiger partial charge in [0, 0.05) is 24.2 Å². The van der Waals surface area contributed by atoms with Gasteiger partial charge >= 0.3 is 5.69 Å². The van der Waals surface area contributed by atoms with Crippen molar-refractivity contribution in [2.75, 3.05) is 19.7 Å². The fourth-order valence-corrected chi connectivity index (χ4v) is 3.49. The molecule has 0 aliphatic carbocycles. The molecule has 0 N–H and O–H groups in total. The largest absolute Gasteiger partial charge is 0.477 e. The maximum Gasteiger partial charge on any atom is 0.312 e. The highest BCUT2D eigenvalue weighted by Gasteiger charge is 2.24. The molecule has 142 valence electrons. The van der Waals surface area contributed by atoms with Crippen molar-refractivity contribution in [3.05, 3.63) is 69.2 Å². The minimum atomic E-state index is -0.569. The first-order chi connectivity index (χ1) is 13.0.